The molecule has 0 unspecified atom stereocenters. The van der Waals surface area contributed by atoms with Crippen LogP contribution < -0.4 is 10.9 Å². The number of hydrogen-bond donors (Lipinski definition) is 2. The summed E-state index contributed by atoms with van der Waals surface area (Å²) in [7, 11) is 2.12. The fraction of sp³-hybridized carbons (Fsp3) is 0.333. The molecule has 0 amide bonds. The van der Waals surface area contributed by atoms with Crippen molar-refractivity contribution in [3.63, 3.8) is 0 Å². The van der Waals surface area contributed by atoms with Crippen molar-refractivity contribution in [3.8, 4) is 0 Å². The first-order valence-corrected chi connectivity index (χ1v) is 11.9. The van der Waals surface area contributed by atoms with Gasteiger partial charge in [-0.25, -0.2) is 19.3 Å². The number of rotatable bonds is 9. The average molecular weight is 488 g/mol. The van der Waals surface area contributed by atoms with E-state index >= 15 is 0 Å². The van der Waals surface area contributed by atoms with E-state index in [1.807, 2.05) is 12.1 Å². The Labute approximate surface area is 210 Å². The molecule has 3 heterocycles. The van der Waals surface area contributed by atoms with Crippen molar-refractivity contribution in [2.24, 2.45) is 4.99 Å². The molecule has 4 rings (SSSR count). The summed E-state index contributed by atoms with van der Waals surface area (Å²) in [5, 5.41) is 13.6. The monoisotopic (exact) mass is 487 g/mol. The van der Waals surface area contributed by atoms with Gasteiger partial charge < -0.3 is 15.3 Å². The lowest BCUT2D eigenvalue weighted by Crippen LogP contribution is -2.26. The molecule has 1 aliphatic rings. The highest BCUT2D eigenvalue weighted by Gasteiger charge is 2.18. The highest BCUT2D eigenvalue weighted by Crippen LogP contribution is 2.24. The third-order valence-electron chi connectivity index (χ3n) is 6.02. The summed E-state index contributed by atoms with van der Waals surface area (Å²) < 4.78 is 3.12. The Morgan fingerprint density at radius 3 is 2.86 bits per heavy atom. The van der Waals surface area contributed by atoms with Crippen LogP contribution in [0.25, 0.3) is 16.9 Å². The number of aromatic nitrogens is 4. The van der Waals surface area contributed by atoms with Crippen molar-refractivity contribution in [1.82, 2.24) is 24.2 Å². The molecule has 0 bridgehead atoms. The van der Waals surface area contributed by atoms with Gasteiger partial charge in [0.2, 0.25) is 5.95 Å². The Kier molecular flexibility index (Phi) is 7.32. The summed E-state index contributed by atoms with van der Waals surface area (Å²) in [4.78, 5) is 28.7. The highest BCUT2D eigenvalue weighted by molar-refractivity contribution is 5.79. The molecule has 1 aliphatic heterocycles. The first-order valence-electron chi connectivity index (χ1n) is 11.9. The standard InChI is InChI=1S/C27H33N7O2/c1-6-14-33-25(35)22-17-29-26(30-21-11-10-19-12-15-32(5)18-20(19)16-21)31-24(22)34(33)23(28-4)9-7-8-13-27(2,3)36/h6-11,16-17,36H,1,4,12-15,18H2,2-3,5H3,(H,29,30,31)/b8-7-,23-9+. The Bertz CT molecular complexity index is 1410. The number of aliphatic hydroxyl groups is 1. The lowest BCUT2D eigenvalue weighted by Gasteiger charge is -2.25. The summed E-state index contributed by atoms with van der Waals surface area (Å²) in [5.41, 5.74) is 2.86. The molecule has 0 saturated heterocycles. The van der Waals surface area contributed by atoms with Gasteiger partial charge in [-0.1, -0.05) is 24.3 Å². The quantitative estimate of drug-likeness (QED) is 0.271. The van der Waals surface area contributed by atoms with E-state index in [0.717, 1.165) is 25.2 Å². The number of nitrogens with one attached hydrogen (secondary N) is 1. The normalized spacial score (nSPS) is 14.8. The number of allylic oxidation sites excluding steroid dienone is 3. The molecule has 0 atom stereocenters. The lowest BCUT2D eigenvalue weighted by atomic mass is 9.99. The van der Waals surface area contributed by atoms with Gasteiger partial charge in [0.15, 0.2) is 11.5 Å². The van der Waals surface area contributed by atoms with Crippen molar-refractivity contribution < 1.29 is 5.11 Å². The smallest absolute Gasteiger partial charge is 0.278 e. The number of likely N-dealkylation sites (N-methyl/N-ethyl adjacent to an activating group) is 1. The molecule has 0 fully saturated rings. The first kappa shape index (κ1) is 25.3. The fourth-order valence-corrected chi connectivity index (χ4v) is 4.21. The molecular formula is C27H33N7O2. The van der Waals surface area contributed by atoms with Crippen LogP contribution in [0, 0.1) is 0 Å². The predicted molar refractivity (Wildman–Crippen MR) is 146 cm³/mol. The third-order valence-corrected chi connectivity index (χ3v) is 6.02. The van der Waals surface area contributed by atoms with Gasteiger partial charge in [-0.3, -0.25) is 4.79 Å². The molecule has 9 heteroatoms. The van der Waals surface area contributed by atoms with Gasteiger partial charge in [-0.15, -0.1) is 6.58 Å². The summed E-state index contributed by atoms with van der Waals surface area (Å²) in [6, 6.07) is 6.29. The third kappa shape index (κ3) is 5.53. The Balaban J connectivity index is 1.74. The SMILES string of the molecule is C=CCn1c(=O)c2cnc(Nc3ccc4c(c3)CN(C)CC4)nc2n1/C(=C/C=C\CC(C)(C)O)N=C. The molecular weight excluding hydrogens is 454 g/mol. The van der Waals surface area contributed by atoms with Gasteiger partial charge in [-0.05, 0) is 69.8 Å². The van der Waals surface area contributed by atoms with E-state index in [1.54, 1.807) is 36.8 Å². The van der Waals surface area contributed by atoms with Crippen molar-refractivity contribution >= 4 is 35.2 Å². The van der Waals surface area contributed by atoms with Gasteiger partial charge in [0.1, 0.15) is 5.39 Å². The second-order valence-electron chi connectivity index (χ2n) is 9.64. The molecule has 0 radical (unpaired) electrons. The largest absolute Gasteiger partial charge is 0.390 e. The zero-order valence-electron chi connectivity index (χ0n) is 21.1. The topological polar surface area (TPSA) is 101 Å². The number of aliphatic imine (C=N–C) groups is 1. The minimum atomic E-state index is -0.822. The Hall–Kier alpha value is -3.82. The molecule has 3 aromatic rings. The van der Waals surface area contributed by atoms with Crippen LogP contribution >= 0.6 is 0 Å². The zero-order valence-corrected chi connectivity index (χ0v) is 21.1. The van der Waals surface area contributed by atoms with E-state index in [0.29, 0.717) is 29.2 Å². The maximum absolute atomic E-state index is 13.1. The molecule has 0 saturated carbocycles. The van der Waals surface area contributed by atoms with Crippen LogP contribution in [-0.4, -0.2) is 55.2 Å². The van der Waals surface area contributed by atoms with E-state index in [4.69, 9.17) is 0 Å². The van der Waals surface area contributed by atoms with Gasteiger partial charge >= 0.3 is 0 Å². The number of hydrogen-bond acceptors (Lipinski definition) is 7. The van der Waals surface area contributed by atoms with E-state index < -0.39 is 5.60 Å². The van der Waals surface area contributed by atoms with Crippen molar-refractivity contribution in [1.29, 1.82) is 0 Å². The minimum absolute atomic E-state index is 0.247. The van der Waals surface area contributed by atoms with E-state index in [1.165, 1.54) is 22.0 Å². The Morgan fingerprint density at radius 2 is 2.14 bits per heavy atom. The molecule has 188 valence electrons. The molecule has 2 aromatic heterocycles. The van der Waals surface area contributed by atoms with Crippen LogP contribution in [-0.2, 0) is 19.5 Å². The molecule has 36 heavy (non-hydrogen) atoms. The highest BCUT2D eigenvalue weighted by atomic mass is 16.3. The molecule has 9 nitrogen and oxygen atoms in total. The first-order chi connectivity index (χ1) is 17.2. The molecule has 0 aliphatic carbocycles. The number of fused-ring (bicyclic) bond motifs is 2. The van der Waals surface area contributed by atoms with Crippen LogP contribution in [0.1, 0.15) is 31.4 Å². The van der Waals surface area contributed by atoms with Crippen LogP contribution in [0.3, 0.4) is 0 Å². The van der Waals surface area contributed by atoms with Gasteiger partial charge in [0.05, 0.1) is 12.1 Å². The Morgan fingerprint density at radius 1 is 1.33 bits per heavy atom. The second kappa shape index (κ2) is 10.4. The lowest BCUT2D eigenvalue weighted by molar-refractivity contribution is 0.0839. The molecule has 2 N–H and O–H groups in total. The molecule has 0 spiro atoms. The second-order valence-corrected chi connectivity index (χ2v) is 9.64. The van der Waals surface area contributed by atoms with Crippen LogP contribution in [0.15, 0.2) is 65.1 Å². The van der Waals surface area contributed by atoms with Gasteiger partial charge in [0.25, 0.3) is 5.56 Å². The van der Waals surface area contributed by atoms with Crippen LogP contribution in [0.4, 0.5) is 11.6 Å². The van der Waals surface area contributed by atoms with Crippen molar-refractivity contribution in [2.45, 2.75) is 45.4 Å². The summed E-state index contributed by atoms with van der Waals surface area (Å²) in [6.45, 7) is 13.2. The maximum Gasteiger partial charge on any atom is 0.278 e. The van der Waals surface area contributed by atoms with Crippen LogP contribution in [0.5, 0.6) is 0 Å². The van der Waals surface area contributed by atoms with Crippen LogP contribution in [0.2, 0.25) is 0 Å². The number of anilines is 2. The minimum Gasteiger partial charge on any atom is -0.390 e. The van der Waals surface area contributed by atoms with Gasteiger partial charge in [0, 0.05) is 25.0 Å². The zero-order chi connectivity index (χ0) is 25.9. The van der Waals surface area contributed by atoms with E-state index in [-0.39, 0.29) is 12.1 Å². The van der Waals surface area contributed by atoms with Crippen molar-refractivity contribution in [2.75, 3.05) is 18.9 Å². The molecule has 1 aromatic carbocycles. The van der Waals surface area contributed by atoms with Gasteiger partial charge in [-0.2, -0.15) is 4.98 Å². The maximum atomic E-state index is 13.1. The summed E-state index contributed by atoms with van der Waals surface area (Å²) in [5.74, 6) is 0.787. The number of benzene rings is 1. The summed E-state index contributed by atoms with van der Waals surface area (Å²) >= 11 is 0. The fourth-order valence-electron chi connectivity index (χ4n) is 4.21. The van der Waals surface area contributed by atoms with E-state index in [9.17, 15) is 9.90 Å². The number of nitrogens with zero attached hydrogens (tertiary/aromatic N) is 6. The predicted octanol–water partition coefficient (Wildman–Crippen LogP) is 3.73. The summed E-state index contributed by atoms with van der Waals surface area (Å²) in [6.07, 6.45) is 10.0. The van der Waals surface area contributed by atoms with E-state index in [2.05, 4.69) is 57.7 Å². The van der Waals surface area contributed by atoms with Crippen molar-refractivity contribution in [3.05, 3.63) is 76.8 Å². The average Bonchev–Trinajstić information content (AvgIpc) is 3.09.